The van der Waals surface area contributed by atoms with Gasteiger partial charge in [-0.1, -0.05) is 19.8 Å². The second-order valence-electron chi connectivity index (χ2n) is 5.65. The lowest BCUT2D eigenvalue weighted by molar-refractivity contribution is -0.125. The van der Waals surface area contributed by atoms with E-state index in [2.05, 4.69) is 12.2 Å². The Bertz CT molecular complexity index is 248. The highest BCUT2D eigenvalue weighted by atomic mass is 16.5. The van der Waals surface area contributed by atoms with Crippen LogP contribution < -0.4 is 11.1 Å². The van der Waals surface area contributed by atoms with Crippen LogP contribution in [0.25, 0.3) is 0 Å². The van der Waals surface area contributed by atoms with Gasteiger partial charge in [0.1, 0.15) is 0 Å². The first-order valence-corrected chi connectivity index (χ1v) is 6.60. The van der Waals surface area contributed by atoms with Crippen molar-refractivity contribution in [2.45, 2.75) is 58.1 Å². The van der Waals surface area contributed by atoms with Gasteiger partial charge in [-0.25, -0.2) is 0 Å². The van der Waals surface area contributed by atoms with Gasteiger partial charge in [-0.2, -0.15) is 0 Å². The van der Waals surface area contributed by atoms with Crippen LogP contribution in [-0.2, 0) is 9.53 Å². The summed E-state index contributed by atoms with van der Waals surface area (Å²) < 4.78 is 5.80. The molecule has 1 rings (SSSR count). The topological polar surface area (TPSA) is 64.3 Å². The van der Waals surface area contributed by atoms with Gasteiger partial charge in [0.15, 0.2) is 0 Å². The summed E-state index contributed by atoms with van der Waals surface area (Å²) >= 11 is 0. The summed E-state index contributed by atoms with van der Waals surface area (Å²) in [6.45, 7) is 6.77. The van der Waals surface area contributed by atoms with E-state index < -0.39 is 5.54 Å². The first kappa shape index (κ1) is 14.5. The third-order valence-electron chi connectivity index (χ3n) is 3.34. The van der Waals surface area contributed by atoms with Crippen molar-refractivity contribution in [2.75, 3.05) is 13.2 Å². The Hall–Kier alpha value is -0.610. The molecule has 4 nitrogen and oxygen atoms in total. The van der Waals surface area contributed by atoms with E-state index in [1.165, 1.54) is 19.3 Å². The Balaban J connectivity index is 2.13. The minimum atomic E-state index is -0.807. The van der Waals surface area contributed by atoms with Crippen molar-refractivity contribution in [3.63, 3.8) is 0 Å². The Morgan fingerprint density at radius 2 is 2.06 bits per heavy atom. The molecule has 0 aromatic heterocycles. The second kappa shape index (κ2) is 6.36. The average molecular weight is 242 g/mol. The maximum atomic E-state index is 11.5. The number of nitrogens with one attached hydrogen (secondary N) is 1. The third-order valence-corrected chi connectivity index (χ3v) is 3.34. The van der Waals surface area contributed by atoms with Crippen LogP contribution in [0, 0.1) is 5.92 Å². The summed E-state index contributed by atoms with van der Waals surface area (Å²) in [5, 5.41) is 2.79. The zero-order chi connectivity index (χ0) is 12.9. The lowest BCUT2D eigenvalue weighted by atomic mass is 9.88. The normalized spacial score (nSPS) is 25.6. The molecule has 0 heterocycles. The SMILES string of the molecule is CC1CCCCC1OCCNC(=O)C(C)(C)N. The molecule has 17 heavy (non-hydrogen) atoms. The maximum Gasteiger partial charge on any atom is 0.239 e. The van der Waals surface area contributed by atoms with Crippen molar-refractivity contribution in [2.24, 2.45) is 11.7 Å². The second-order valence-corrected chi connectivity index (χ2v) is 5.65. The summed E-state index contributed by atoms with van der Waals surface area (Å²) in [6, 6.07) is 0. The lowest BCUT2D eigenvalue weighted by Crippen LogP contribution is -2.49. The Morgan fingerprint density at radius 3 is 2.65 bits per heavy atom. The van der Waals surface area contributed by atoms with Gasteiger partial charge in [-0.05, 0) is 32.6 Å². The van der Waals surface area contributed by atoms with E-state index in [9.17, 15) is 4.79 Å². The van der Waals surface area contributed by atoms with Crippen LogP contribution in [0.5, 0.6) is 0 Å². The lowest BCUT2D eigenvalue weighted by Gasteiger charge is -2.29. The highest BCUT2D eigenvalue weighted by molar-refractivity contribution is 5.84. The fourth-order valence-electron chi connectivity index (χ4n) is 2.13. The molecular formula is C13H26N2O2. The zero-order valence-corrected chi connectivity index (χ0v) is 11.3. The Labute approximate surface area is 104 Å². The summed E-state index contributed by atoms with van der Waals surface area (Å²) in [5.41, 5.74) is 4.87. The molecular weight excluding hydrogens is 216 g/mol. The third kappa shape index (κ3) is 5.04. The van der Waals surface area contributed by atoms with Crippen LogP contribution >= 0.6 is 0 Å². The van der Waals surface area contributed by atoms with E-state index >= 15 is 0 Å². The predicted molar refractivity (Wildman–Crippen MR) is 68.6 cm³/mol. The van der Waals surface area contributed by atoms with Crippen molar-refractivity contribution in [1.29, 1.82) is 0 Å². The smallest absolute Gasteiger partial charge is 0.239 e. The van der Waals surface area contributed by atoms with E-state index in [-0.39, 0.29) is 5.91 Å². The van der Waals surface area contributed by atoms with E-state index in [4.69, 9.17) is 10.5 Å². The largest absolute Gasteiger partial charge is 0.376 e. The van der Waals surface area contributed by atoms with Gasteiger partial charge in [-0.15, -0.1) is 0 Å². The molecule has 2 atom stereocenters. The van der Waals surface area contributed by atoms with Crippen LogP contribution in [0.3, 0.4) is 0 Å². The van der Waals surface area contributed by atoms with E-state index in [0.717, 1.165) is 6.42 Å². The fraction of sp³-hybridized carbons (Fsp3) is 0.923. The quantitative estimate of drug-likeness (QED) is 0.717. The molecule has 1 amide bonds. The number of nitrogens with two attached hydrogens (primary N) is 1. The molecule has 2 unspecified atom stereocenters. The summed E-state index contributed by atoms with van der Waals surface area (Å²) in [7, 11) is 0. The standard InChI is InChI=1S/C13H26N2O2/c1-10-6-4-5-7-11(10)17-9-8-15-12(16)13(2,3)14/h10-11H,4-9,14H2,1-3H3,(H,15,16). The molecule has 0 radical (unpaired) electrons. The van der Waals surface area contributed by atoms with E-state index in [1.54, 1.807) is 13.8 Å². The maximum absolute atomic E-state index is 11.5. The van der Waals surface area contributed by atoms with Gasteiger partial charge >= 0.3 is 0 Å². The predicted octanol–water partition coefficient (Wildman–Crippen LogP) is 1.44. The van der Waals surface area contributed by atoms with E-state index in [1.807, 2.05) is 0 Å². The van der Waals surface area contributed by atoms with Crippen LogP contribution in [-0.4, -0.2) is 30.7 Å². The van der Waals surface area contributed by atoms with Gasteiger partial charge in [0.05, 0.1) is 18.2 Å². The molecule has 0 aliphatic heterocycles. The molecule has 0 spiro atoms. The summed E-state index contributed by atoms with van der Waals surface area (Å²) in [6.07, 6.45) is 5.35. The number of hydrogen-bond acceptors (Lipinski definition) is 3. The first-order chi connectivity index (χ1) is 7.91. The molecule has 100 valence electrons. The number of carbonyl (C=O) groups excluding carboxylic acids is 1. The minimum Gasteiger partial charge on any atom is -0.376 e. The summed E-state index contributed by atoms with van der Waals surface area (Å²) in [5.74, 6) is 0.517. The first-order valence-electron chi connectivity index (χ1n) is 6.60. The molecule has 1 saturated carbocycles. The molecule has 0 bridgehead atoms. The number of rotatable bonds is 5. The number of ether oxygens (including phenoxy) is 1. The number of amides is 1. The molecule has 3 N–H and O–H groups in total. The molecule has 0 saturated heterocycles. The van der Waals surface area contributed by atoms with Gasteiger partial charge in [-0.3, -0.25) is 4.79 Å². The monoisotopic (exact) mass is 242 g/mol. The minimum absolute atomic E-state index is 0.127. The highest BCUT2D eigenvalue weighted by Gasteiger charge is 2.23. The Morgan fingerprint density at radius 1 is 1.41 bits per heavy atom. The molecule has 4 heteroatoms. The molecule has 1 aliphatic carbocycles. The summed E-state index contributed by atoms with van der Waals surface area (Å²) in [4.78, 5) is 11.5. The zero-order valence-electron chi connectivity index (χ0n) is 11.3. The van der Waals surface area contributed by atoms with Crippen molar-refractivity contribution >= 4 is 5.91 Å². The number of carbonyl (C=O) groups is 1. The molecule has 1 fully saturated rings. The molecule has 0 aromatic carbocycles. The van der Waals surface area contributed by atoms with Crippen molar-refractivity contribution in [1.82, 2.24) is 5.32 Å². The average Bonchev–Trinajstić information content (AvgIpc) is 2.25. The number of hydrogen-bond donors (Lipinski definition) is 2. The van der Waals surface area contributed by atoms with Crippen LogP contribution in [0.2, 0.25) is 0 Å². The van der Waals surface area contributed by atoms with Gasteiger partial charge in [0, 0.05) is 6.54 Å². The van der Waals surface area contributed by atoms with Gasteiger partial charge in [0.2, 0.25) is 5.91 Å². The van der Waals surface area contributed by atoms with E-state index in [0.29, 0.717) is 25.2 Å². The van der Waals surface area contributed by atoms with Crippen LogP contribution in [0.15, 0.2) is 0 Å². The Kier molecular flexibility index (Phi) is 5.40. The van der Waals surface area contributed by atoms with Crippen molar-refractivity contribution in [3.8, 4) is 0 Å². The highest BCUT2D eigenvalue weighted by Crippen LogP contribution is 2.25. The van der Waals surface area contributed by atoms with Crippen LogP contribution in [0.4, 0.5) is 0 Å². The van der Waals surface area contributed by atoms with Crippen LogP contribution in [0.1, 0.15) is 46.5 Å². The fourth-order valence-corrected chi connectivity index (χ4v) is 2.13. The van der Waals surface area contributed by atoms with Crippen molar-refractivity contribution < 1.29 is 9.53 Å². The van der Waals surface area contributed by atoms with Gasteiger partial charge < -0.3 is 15.8 Å². The molecule has 0 aromatic rings. The van der Waals surface area contributed by atoms with Gasteiger partial charge in [0.25, 0.3) is 0 Å². The molecule has 1 aliphatic rings. The van der Waals surface area contributed by atoms with Crippen molar-refractivity contribution in [3.05, 3.63) is 0 Å².